The molecule has 1 aromatic carbocycles. The Morgan fingerprint density at radius 3 is 2.00 bits per heavy atom. The van der Waals surface area contributed by atoms with Gasteiger partial charge in [0.25, 0.3) is 0 Å². The summed E-state index contributed by atoms with van der Waals surface area (Å²) in [5, 5.41) is 0.443. The van der Waals surface area contributed by atoms with Gasteiger partial charge in [-0.2, -0.15) is 13.2 Å². The van der Waals surface area contributed by atoms with E-state index in [2.05, 4.69) is 0 Å². The van der Waals surface area contributed by atoms with Crippen molar-refractivity contribution in [1.82, 2.24) is 0 Å². The van der Waals surface area contributed by atoms with Crippen LogP contribution < -0.4 is 0 Å². The van der Waals surface area contributed by atoms with Crippen molar-refractivity contribution in [2.75, 3.05) is 0 Å². The van der Waals surface area contributed by atoms with Crippen molar-refractivity contribution in [3.05, 3.63) is 34.9 Å². The molecule has 0 aliphatic heterocycles. The van der Waals surface area contributed by atoms with Gasteiger partial charge in [-0.05, 0) is 17.7 Å². The van der Waals surface area contributed by atoms with Gasteiger partial charge in [0, 0.05) is 10.8 Å². The van der Waals surface area contributed by atoms with Crippen LogP contribution in [-0.2, 0) is 0 Å². The van der Waals surface area contributed by atoms with Gasteiger partial charge < -0.3 is 0 Å². The normalized spacial score (nSPS) is 14.2. The zero-order valence-corrected chi connectivity index (χ0v) is 7.65. The minimum Gasteiger partial charge on any atom is -0.171 e. The highest BCUT2D eigenvalue weighted by atomic mass is 35.5. The van der Waals surface area contributed by atoms with Crippen LogP contribution in [0.1, 0.15) is 11.4 Å². The van der Waals surface area contributed by atoms with Gasteiger partial charge in [-0.1, -0.05) is 23.7 Å². The van der Waals surface area contributed by atoms with Crippen molar-refractivity contribution >= 4 is 19.4 Å². The van der Waals surface area contributed by atoms with Crippen molar-refractivity contribution in [3.63, 3.8) is 0 Å². The first-order valence-corrected chi connectivity index (χ1v) is 4.11. The Kier molecular flexibility index (Phi) is 2.91. The van der Waals surface area contributed by atoms with Crippen molar-refractivity contribution < 1.29 is 13.2 Å². The van der Waals surface area contributed by atoms with E-state index in [1.54, 1.807) is 0 Å². The van der Waals surface area contributed by atoms with Gasteiger partial charge in [0.15, 0.2) is 0 Å². The maximum Gasteiger partial charge on any atom is 0.388 e. The lowest BCUT2D eigenvalue weighted by Gasteiger charge is -2.15. The van der Waals surface area contributed by atoms with Gasteiger partial charge in [0.2, 0.25) is 0 Å². The molecule has 70 valence electrons. The van der Waals surface area contributed by atoms with E-state index in [9.17, 15) is 13.2 Å². The summed E-state index contributed by atoms with van der Waals surface area (Å²) >= 11 is 5.55. The molecule has 1 aromatic rings. The first-order chi connectivity index (χ1) is 5.91. The number of rotatable bonds is 1. The lowest BCUT2D eigenvalue weighted by atomic mass is 9.80. The summed E-state index contributed by atoms with van der Waals surface area (Å²) in [6.45, 7) is 0. The molecule has 0 heterocycles. The molecule has 1 unspecified atom stereocenters. The second kappa shape index (κ2) is 3.62. The number of benzene rings is 1. The molecule has 0 fully saturated rings. The Morgan fingerprint density at radius 1 is 1.15 bits per heavy atom. The molecule has 0 aliphatic carbocycles. The zero-order chi connectivity index (χ0) is 10.1. The molecule has 13 heavy (non-hydrogen) atoms. The zero-order valence-electron chi connectivity index (χ0n) is 6.90. The molecule has 1 rings (SSSR count). The van der Waals surface area contributed by atoms with Crippen LogP contribution in [0.4, 0.5) is 13.2 Å². The topological polar surface area (TPSA) is 0 Å². The summed E-state index contributed by atoms with van der Waals surface area (Å²) in [4.78, 5) is 0. The maximum atomic E-state index is 12.2. The second-order valence-electron chi connectivity index (χ2n) is 2.81. The Bertz CT molecular complexity index is 280. The maximum absolute atomic E-state index is 12.2. The lowest BCUT2D eigenvalue weighted by molar-refractivity contribution is -0.131. The van der Waals surface area contributed by atoms with Gasteiger partial charge in [-0.25, -0.2) is 0 Å². The minimum atomic E-state index is -4.19. The highest BCUT2D eigenvalue weighted by Gasteiger charge is 2.36. The van der Waals surface area contributed by atoms with Gasteiger partial charge in [-0.3, -0.25) is 0 Å². The molecule has 0 saturated heterocycles. The lowest BCUT2D eigenvalue weighted by Crippen LogP contribution is -2.20. The van der Waals surface area contributed by atoms with E-state index < -0.39 is 12.0 Å². The predicted molar refractivity (Wildman–Crippen MR) is 48.8 cm³/mol. The van der Waals surface area contributed by atoms with Gasteiger partial charge in [0.1, 0.15) is 7.85 Å². The highest BCUT2D eigenvalue weighted by Crippen LogP contribution is 2.32. The van der Waals surface area contributed by atoms with Crippen LogP contribution >= 0.6 is 11.6 Å². The van der Waals surface area contributed by atoms with Crippen molar-refractivity contribution in [3.8, 4) is 0 Å². The molecule has 0 radical (unpaired) electrons. The SMILES string of the molecule is BC(c1ccc(Cl)cc1)C(F)(F)F. The van der Waals surface area contributed by atoms with Crippen LogP contribution in [0, 0.1) is 0 Å². The molecule has 0 spiro atoms. The summed E-state index contributed by atoms with van der Waals surface area (Å²) < 4.78 is 36.6. The molecule has 0 N–H and O–H groups in total. The monoisotopic (exact) mass is 206 g/mol. The third kappa shape index (κ3) is 2.66. The molecule has 5 heteroatoms. The first kappa shape index (κ1) is 10.4. The molecule has 0 bridgehead atoms. The highest BCUT2D eigenvalue weighted by molar-refractivity contribution is 6.30. The molecular weight excluding hydrogens is 199 g/mol. The fourth-order valence-corrected chi connectivity index (χ4v) is 1.07. The van der Waals surface area contributed by atoms with E-state index >= 15 is 0 Å². The molecule has 0 aliphatic rings. The Hall–Kier alpha value is -0.635. The van der Waals surface area contributed by atoms with Gasteiger partial charge in [-0.15, -0.1) is 0 Å². The largest absolute Gasteiger partial charge is 0.388 e. The predicted octanol–water partition coefficient (Wildman–Crippen LogP) is 2.58. The minimum absolute atomic E-state index is 0.233. The Balaban J connectivity index is 2.90. The number of hydrogen-bond acceptors (Lipinski definition) is 0. The number of alkyl halides is 3. The third-order valence-corrected chi connectivity index (χ3v) is 2.11. The van der Waals surface area contributed by atoms with E-state index in [4.69, 9.17) is 11.6 Å². The van der Waals surface area contributed by atoms with Crippen LogP contribution in [0.2, 0.25) is 5.02 Å². The number of halogens is 4. The summed E-state index contributed by atoms with van der Waals surface area (Å²) in [6, 6.07) is 5.69. The van der Waals surface area contributed by atoms with Crippen molar-refractivity contribution in [2.45, 2.75) is 12.0 Å². The van der Waals surface area contributed by atoms with Crippen LogP contribution in [-0.4, -0.2) is 14.0 Å². The fourth-order valence-electron chi connectivity index (χ4n) is 0.940. The molecule has 0 nitrogen and oxygen atoms in total. The van der Waals surface area contributed by atoms with Crippen LogP contribution in [0.25, 0.3) is 0 Å². The molecule has 0 aromatic heterocycles. The first-order valence-electron chi connectivity index (χ1n) is 3.73. The summed E-state index contributed by atoms with van der Waals surface area (Å²) in [5.41, 5.74) is 0.233. The van der Waals surface area contributed by atoms with Crippen LogP contribution in [0.15, 0.2) is 24.3 Å². The van der Waals surface area contributed by atoms with Crippen molar-refractivity contribution in [2.24, 2.45) is 0 Å². The van der Waals surface area contributed by atoms with Crippen LogP contribution in [0.3, 0.4) is 0 Å². The van der Waals surface area contributed by atoms with Crippen LogP contribution in [0.5, 0.6) is 0 Å². The smallest absolute Gasteiger partial charge is 0.171 e. The fraction of sp³-hybridized carbons (Fsp3) is 0.250. The second-order valence-corrected chi connectivity index (χ2v) is 3.25. The standard InChI is InChI=1S/C8H7BClF3/c9-7(8(11,12)13)5-1-3-6(10)4-2-5/h1-4,7H,9H2. The summed E-state index contributed by atoms with van der Waals surface area (Å²) in [5.74, 6) is -1.44. The summed E-state index contributed by atoms with van der Waals surface area (Å²) in [7, 11) is 1.13. The van der Waals surface area contributed by atoms with E-state index in [1.165, 1.54) is 24.3 Å². The molecule has 0 amide bonds. The quantitative estimate of drug-likeness (QED) is 0.620. The third-order valence-electron chi connectivity index (χ3n) is 1.86. The summed E-state index contributed by atoms with van der Waals surface area (Å²) in [6.07, 6.45) is -4.19. The molecular formula is C8H7BClF3. The number of hydrogen-bond donors (Lipinski definition) is 0. The van der Waals surface area contributed by atoms with Gasteiger partial charge >= 0.3 is 6.18 Å². The average molecular weight is 206 g/mol. The van der Waals surface area contributed by atoms with Gasteiger partial charge in [0.05, 0.1) is 0 Å². The van der Waals surface area contributed by atoms with E-state index in [1.807, 2.05) is 0 Å². The average Bonchev–Trinajstić information content (AvgIpc) is 2.03. The van der Waals surface area contributed by atoms with E-state index in [0.29, 0.717) is 5.02 Å². The Labute approximate surface area is 80.1 Å². The Morgan fingerprint density at radius 2 is 1.62 bits per heavy atom. The van der Waals surface area contributed by atoms with E-state index in [0.717, 1.165) is 7.85 Å². The molecule has 0 saturated carbocycles. The van der Waals surface area contributed by atoms with E-state index in [-0.39, 0.29) is 5.56 Å². The van der Waals surface area contributed by atoms with Crippen molar-refractivity contribution in [1.29, 1.82) is 0 Å². The molecule has 1 atom stereocenters.